The van der Waals surface area contributed by atoms with Gasteiger partial charge in [0.2, 0.25) is 0 Å². The lowest BCUT2D eigenvalue weighted by atomic mass is 9.97. The highest BCUT2D eigenvalue weighted by Gasteiger charge is 2.31. The van der Waals surface area contributed by atoms with Crippen molar-refractivity contribution < 1.29 is 23.1 Å². The van der Waals surface area contributed by atoms with Gasteiger partial charge in [-0.25, -0.2) is 0 Å². The summed E-state index contributed by atoms with van der Waals surface area (Å²) >= 11 is 0. The van der Waals surface area contributed by atoms with Crippen LogP contribution in [0.3, 0.4) is 0 Å². The Morgan fingerprint density at radius 3 is 2.74 bits per heavy atom. The average molecular weight is 273 g/mol. The fourth-order valence-electron chi connectivity index (χ4n) is 2.29. The van der Waals surface area contributed by atoms with Crippen molar-refractivity contribution in [2.45, 2.75) is 19.0 Å². The average Bonchev–Trinajstić information content (AvgIpc) is 2.38. The van der Waals surface area contributed by atoms with Crippen LogP contribution in [-0.4, -0.2) is 24.2 Å². The van der Waals surface area contributed by atoms with Crippen LogP contribution in [0.5, 0.6) is 0 Å². The molecule has 1 atom stereocenters. The van der Waals surface area contributed by atoms with Crippen molar-refractivity contribution >= 4 is 11.7 Å². The van der Waals surface area contributed by atoms with E-state index in [0.717, 1.165) is 12.1 Å². The quantitative estimate of drug-likeness (QED) is 0.900. The van der Waals surface area contributed by atoms with Crippen molar-refractivity contribution in [1.29, 1.82) is 0 Å². The third-order valence-corrected chi connectivity index (χ3v) is 3.31. The summed E-state index contributed by atoms with van der Waals surface area (Å²) in [6.45, 7) is 0.849. The number of halogens is 3. The van der Waals surface area contributed by atoms with Crippen LogP contribution < -0.4 is 4.90 Å². The minimum atomic E-state index is -4.38. The molecule has 1 aromatic rings. The molecule has 0 bridgehead atoms. The highest BCUT2D eigenvalue weighted by molar-refractivity contribution is 5.71. The predicted molar refractivity (Wildman–Crippen MR) is 64.0 cm³/mol. The summed E-state index contributed by atoms with van der Waals surface area (Å²) < 4.78 is 37.9. The normalized spacial score (nSPS) is 20.4. The van der Waals surface area contributed by atoms with Gasteiger partial charge < -0.3 is 10.0 Å². The van der Waals surface area contributed by atoms with Crippen LogP contribution >= 0.6 is 0 Å². The number of rotatable bonds is 2. The van der Waals surface area contributed by atoms with E-state index in [0.29, 0.717) is 25.1 Å². The molecule has 1 unspecified atom stereocenters. The summed E-state index contributed by atoms with van der Waals surface area (Å²) in [5, 5.41) is 8.98. The molecule has 6 heteroatoms. The highest BCUT2D eigenvalue weighted by atomic mass is 19.4. The fraction of sp³-hybridized carbons (Fsp3) is 0.462. The standard InChI is InChI=1S/C13H14F3NO2/c14-13(15,16)10-4-1-5-11(7-10)17-6-2-3-9(8-17)12(18)19/h1,4-5,7,9H,2-3,6,8H2,(H,18,19). The molecule has 0 saturated carbocycles. The monoisotopic (exact) mass is 273 g/mol. The Balaban J connectivity index is 2.20. The molecule has 19 heavy (non-hydrogen) atoms. The molecule has 104 valence electrons. The van der Waals surface area contributed by atoms with Crippen LogP contribution in [0, 0.1) is 5.92 Å². The second-order valence-corrected chi connectivity index (χ2v) is 4.67. The zero-order valence-electron chi connectivity index (χ0n) is 10.2. The molecule has 1 N–H and O–H groups in total. The number of aliphatic carboxylic acids is 1. The Morgan fingerprint density at radius 2 is 2.11 bits per heavy atom. The number of piperidine rings is 1. The second kappa shape index (κ2) is 5.11. The van der Waals surface area contributed by atoms with Crippen molar-refractivity contribution in [3.63, 3.8) is 0 Å². The van der Waals surface area contributed by atoms with Gasteiger partial charge in [0.15, 0.2) is 0 Å². The molecule has 1 aromatic carbocycles. The van der Waals surface area contributed by atoms with Crippen molar-refractivity contribution in [2.75, 3.05) is 18.0 Å². The molecule has 3 nitrogen and oxygen atoms in total. The van der Waals surface area contributed by atoms with E-state index < -0.39 is 23.6 Å². The van der Waals surface area contributed by atoms with E-state index in [-0.39, 0.29) is 6.54 Å². The Hall–Kier alpha value is -1.72. The summed E-state index contributed by atoms with van der Waals surface area (Å²) in [7, 11) is 0. The molecular weight excluding hydrogens is 259 g/mol. The lowest BCUT2D eigenvalue weighted by molar-refractivity contribution is -0.142. The maximum absolute atomic E-state index is 12.6. The van der Waals surface area contributed by atoms with Crippen molar-refractivity contribution in [2.24, 2.45) is 5.92 Å². The van der Waals surface area contributed by atoms with Gasteiger partial charge in [-0.3, -0.25) is 4.79 Å². The summed E-state index contributed by atoms with van der Waals surface area (Å²) in [5.74, 6) is -1.40. The van der Waals surface area contributed by atoms with E-state index in [4.69, 9.17) is 5.11 Å². The molecule has 1 saturated heterocycles. The molecule has 0 radical (unpaired) electrons. The van der Waals surface area contributed by atoms with Gasteiger partial charge in [0, 0.05) is 18.8 Å². The van der Waals surface area contributed by atoms with Crippen LogP contribution in [0.15, 0.2) is 24.3 Å². The lowest BCUT2D eigenvalue weighted by Gasteiger charge is -2.32. The van der Waals surface area contributed by atoms with Crippen molar-refractivity contribution in [3.05, 3.63) is 29.8 Å². The minimum Gasteiger partial charge on any atom is -0.481 e. The largest absolute Gasteiger partial charge is 0.481 e. The number of hydrogen-bond donors (Lipinski definition) is 1. The van der Waals surface area contributed by atoms with Gasteiger partial charge in [0.1, 0.15) is 0 Å². The third-order valence-electron chi connectivity index (χ3n) is 3.31. The maximum atomic E-state index is 12.6. The van der Waals surface area contributed by atoms with E-state index in [1.54, 1.807) is 11.0 Å². The molecule has 0 amide bonds. The fourth-order valence-corrected chi connectivity index (χ4v) is 2.29. The van der Waals surface area contributed by atoms with Crippen molar-refractivity contribution in [1.82, 2.24) is 0 Å². The van der Waals surface area contributed by atoms with Gasteiger partial charge in [-0.15, -0.1) is 0 Å². The van der Waals surface area contributed by atoms with E-state index in [1.165, 1.54) is 6.07 Å². The van der Waals surface area contributed by atoms with E-state index >= 15 is 0 Å². The van der Waals surface area contributed by atoms with Crippen LogP contribution in [0.4, 0.5) is 18.9 Å². The number of benzene rings is 1. The third kappa shape index (κ3) is 3.19. The number of carboxylic acid groups (broad SMARTS) is 1. The van der Waals surface area contributed by atoms with Crippen LogP contribution in [0.25, 0.3) is 0 Å². The number of carboxylic acids is 1. The maximum Gasteiger partial charge on any atom is 0.416 e. The molecule has 1 aliphatic heterocycles. The second-order valence-electron chi connectivity index (χ2n) is 4.67. The van der Waals surface area contributed by atoms with Gasteiger partial charge in [0.05, 0.1) is 11.5 Å². The summed E-state index contributed by atoms with van der Waals surface area (Å²) in [6.07, 6.45) is -3.13. The zero-order chi connectivity index (χ0) is 14.0. The van der Waals surface area contributed by atoms with E-state index in [1.807, 2.05) is 0 Å². The van der Waals surface area contributed by atoms with Crippen molar-refractivity contribution in [3.8, 4) is 0 Å². The topological polar surface area (TPSA) is 40.5 Å². The number of carbonyl (C=O) groups is 1. The van der Waals surface area contributed by atoms with Crippen LogP contribution in [0.1, 0.15) is 18.4 Å². The first kappa shape index (κ1) is 13.7. The Labute approximate surface area is 108 Å². The van der Waals surface area contributed by atoms with Gasteiger partial charge >= 0.3 is 12.1 Å². The Kier molecular flexibility index (Phi) is 3.68. The molecular formula is C13H14F3NO2. The lowest BCUT2D eigenvalue weighted by Crippen LogP contribution is -2.38. The number of anilines is 1. The van der Waals surface area contributed by atoms with Gasteiger partial charge in [0.25, 0.3) is 0 Å². The molecule has 1 fully saturated rings. The number of nitrogens with zero attached hydrogens (tertiary/aromatic N) is 1. The van der Waals surface area contributed by atoms with Gasteiger partial charge in [-0.05, 0) is 31.0 Å². The first-order valence-corrected chi connectivity index (χ1v) is 6.03. The molecule has 0 spiro atoms. The number of hydrogen-bond acceptors (Lipinski definition) is 2. The minimum absolute atomic E-state index is 0.261. The summed E-state index contributed by atoms with van der Waals surface area (Å²) in [5.41, 5.74) is -0.275. The molecule has 1 heterocycles. The molecule has 0 aromatic heterocycles. The Morgan fingerprint density at radius 1 is 1.37 bits per heavy atom. The van der Waals surface area contributed by atoms with E-state index in [2.05, 4.69) is 0 Å². The zero-order valence-corrected chi connectivity index (χ0v) is 10.2. The molecule has 1 aliphatic rings. The SMILES string of the molecule is O=C(O)C1CCCN(c2cccc(C(F)(F)F)c2)C1. The smallest absolute Gasteiger partial charge is 0.416 e. The van der Waals surface area contributed by atoms with Crippen LogP contribution in [-0.2, 0) is 11.0 Å². The molecule has 0 aliphatic carbocycles. The summed E-state index contributed by atoms with van der Waals surface area (Å²) in [6, 6.07) is 5.02. The van der Waals surface area contributed by atoms with Crippen LogP contribution in [0.2, 0.25) is 0 Å². The Bertz CT molecular complexity index is 473. The number of alkyl halides is 3. The van der Waals surface area contributed by atoms with Gasteiger partial charge in [-0.1, -0.05) is 6.07 Å². The first-order valence-electron chi connectivity index (χ1n) is 6.03. The first-order chi connectivity index (χ1) is 8.88. The van der Waals surface area contributed by atoms with E-state index in [9.17, 15) is 18.0 Å². The highest BCUT2D eigenvalue weighted by Crippen LogP contribution is 2.32. The van der Waals surface area contributed by atoms with Gasteiger partial charge in [-0.2, -0.15) is 13.2 Å². The summed E-state index contributed by atoms with van der Waals surface area (Å²) in [4.78, 5) is 12.7. The molecule has 2 rings (SSSR count). The predicted octanol–water partition coefficient (Wildman–Crippen LogP) is 3.01.